The Balaban J connectivity index is 1.66. The largest absolute Gasteiger partial charge is 0.497 e. The number of hydrogen-bond acceptors (Lipinski definition) is 5. The number of carboxylic acid groups (broad SMARTS) is 1. The summed E-state index contributed by atoms with van der Waals surface area (Å²) in [5.41, 5.74) is 1.01. The predicted molar refractivity (Wildman–Crippen MR) is 100 cm³/mol. The second-order valence-electron chi connectivity index (χ2n) is 7.24. The average Bonchev–Trinajstić information content (AvgIpc) is 3.17. The lowest BCUT2D eigenvalue weighted by atomic mass is 9.97. The van der Waals surface area contributed by atoms with Crippen LogP contribution in [0.3, 0.4) is 0 Å². The lowest BCUT2D eigenvalue weighted by Gasteiger charge is -2.32. The molecule has 1 unspecified atom stereocenters. The molecule has 0 aromatic heterocycles. The zero-order valence-electron chi connectivity index (χ0n) is 16.0. The van der Waals surface area contributed by atoms with Gasteiger partial charge in [-0.1, -0.05) is 0 Å². The minimum absolute atomic E-state index is 0.00918. The zero-order valence-corrected chi connectivity index (χ0v) is 16.0. The molecule has 2 saturated heterocycles. The van der Waals surface area contributed by atoms with Crippen LogP contribution in [0.4, 0.5) is 0 Å². The molecular formula is C20H28N2O5. The van der Waals surface area contributed by atoms with Crippen molar-refractivity contribution >= 4 is 11.9 Å². The number of aliphatic carboxylic acids is 1. The molecule has 0 aliphatic carbocycles. The van der Waals surface area contributed by atoms with E-state index >= 15 is 0 Å². The molecule has 3 rings (SSSR count). The van der Waals surface area contributed by atoms with Crippen LogP contribution >= 0.6 is 0 Å². The van der Waals surface area contributed by atoms with Crippen molar-refractivity contribution in [1.29, 1.82) is 0 Å². The second-order valence-corrected chi connectivity index (χ2v) is 7.24. The van der Waals surface area contributed by atoms with Gasteiger partial charge in [0.05, 0.1) is 32.7 Å². The Morgan fingerprint density at radius 2 is 1.85 bits per heavy atom. The van der Waals surface area contributed by atoms with E-state index in [0.29, 0.717) is 32.5 Å². The van der Waals surface area contributed by atoms with Gasteiger partial charge in [0.2, 0.25) is 5.91 Å². The molecule has 2 heterocycles. The minimum Gasteiger partial charge on any atom is -0.497 e. The fourth-order valence-electron chi connectivity index (χ4n) is 4.10. The first-order valence-corrected chi connectivity index (χ1v) is 9.50. The van der Waals surface area contributed by atoms with Gasteiger partial charge in [0, 0.05) is 18.2 Å². The topological polar surface area (TPSA) is 79.3 Å². The van der Waals surface area contributed by atoms with Crippen molar-refractivity contribution in [3.05, 3.63) is 23.8 Å². The quantitative estimate of drug-likeness (QED) is 0.820. The number of carbonyl (C=O) groups is 2. The highest BCUT2D eigenvalue weighted by Crippen LogP contribution is 2.38. The molecule has 0 radical (unpaired) electrons. The van der Waals surface area contributed by atoms with Crippen molar-refractivity contribution in [2.45, 2.75) is 31.7 Å². The third-order valence-electron chi connectivity index (χ3n) is 5.67. The molecule has 2 aliphatic rings. The predicted octanol–water partition coefficient (Wildman–Crippen LogP) is 2.16. The van der Waals surface area contributed by atoms with Gasteiger partial charge in [-0.25, -0.2) is 0 Å². The fourth-order valence-corrected chi connectivity index (χ4v) is 4.10. The maximum absolute atomic E-state index is 12.9. The maximum atomic E-state index is 12.9. The molecule has 2 fully saturated rings. The average molecular weight is 376 g/mol. The first-order valence-electron chi connectivity index (χ1n) is 9.50. The van der Waals surface area contributed by atoms with Gasteiger partial charge in [-0.2, -0.15) is 0 Å². The van der Waals surface area contributed by atoms with E-state index in [1.807, 2.05) is 23.1 Å². The van der Waals surface area contributed by atoms with E-state index in [1.54, 1.807) is 14.2 Å². The Morgan fingerprint density at radius 1 is 1.11 bits per heavy atom. The molecule has 1 aromatic rings. The van der Waals surface area contributed by atoms with Gasteiger partial charge < -0.3 is 19.5 Å². The standard InChI is InChI=1S/C20H28N2O5/c1-26-15-5-6-16(18(12-15)27-2)17-4-3-9-22(17)19(23)13-21-10-7-14(8-11-21)20(24)25/h5-6,12,14,17H,3-4,7-11,13H2,1-2H3,(H,24,25). The van der Waals surface area contributed by atoms with Gasteiger partial charge in [0.25, 0.3) is 0 Å². The van der Waals surface area contributed by atoms with E-state index in [2.05, 4.69) is 4.90 Å². The first-order chi connectivity index (χ1) is 13.0. The van der Waals surface area contributed by atoms with Crippen molar-refractivity contribution in [1.82, 2.24) is 9.80 Å². The monoisotopic (exact) mass is 376 g/mol. The number of ether oxygens (including phenoxy) is 2. The summed E-state index contributed by atoms with van der Waals surface area (Å²) >= 11 is 0. The van der Waals surface area contributed by atoms with Crippen LogP contribution in [0.25, 0.3) is 0 Å². The SMILES string of the molecule is COc1ccc(C2CCCN2C(=O)CN2CCC(C(=O)O)CC2)c(OC)c1. The van der Waals surface area contributed by atoms with Crippen LogP contribution < -0.4 is 9.47 Å². The summed E-state index contributed by atoms with van der Waals surface area (Å²) in [4.78, 5) is 28.0. The molecule has 7 heteroatoms. The highest BCUT2D eigenvalue weighted by Gasteiger charge is 2.33. The summed E-state index contributed by atoms with van der Waals surface area (Å²) in [5.74, 6) is 0.560. The molecule has 0 saturated carbocycles. The zero-order chi connectivity index (χ0) is 19.4. The Kier molecular flexibility index (Phi) is 6.21. The van der Waals surface area contributed by atoms with E-state index in [1.165, 1.54) is 0 Å². The van der Waals surface area contributed by atoms with Crippen LogP contribution in [0.5, 0.6) is 11.5 Å². The van der Waals surface area contributed by atoms with Crippen LogP contribution in [0.1, 0.15) is 37.3 Å². The van der Waals surface area contributed by atoms with Crippen molar-refractivity contribution in [2.75, 3.05) is 40.4 Å². The van der Waals surface area contributed by atoms with E-state index in [4.69, 9.17) is 14.6 Å². The van der Waals surface area contributed by atoms with Gasteiger partial charge in [-0.3, -0.25) is 14.5 Å². The smallest absolute Gasteiger partial charge is 0.306 e. The van der Waals surface area contributed by atoms with E-state index in [9.17, 15) is 9.59 Å². The van der Waals surface area contributed by atoms with Crippen LogP contribution in [-0.2, 0) is 9.59 Å². The highest BCUT2D eigenvalue weighted by atomic mass is 16.5. The summed E-state index contributed by atoms with van der Waals surface area (Å²) in [6.45, 7) is 2.41. The molecule has 148 valence electrons. The van der Waals surface area contributed by atoms with Crippen LogP contribution in [0.2, 0.25) is 0 Å². The van der Waals surface area contributed by atoms with Gasteiger partial charge in [0.15, 0.2) is 0 Å². The van der Waals surface area contributed by atoms with Gasteiger partial charge in [-0.15, -0.1) is 0 Å². The number of benzene rings is 1. The molecule has 1 N–H and O–H groups in total. The molecular weight excluding hydrogens is 348 g/mol. The Hall–Kier alpha value is -2.28. The van der Waals surface area contributed by atoms with Crippen LogP contribution in [0.15, 0.2) is 18.2 Å². The number of rotatable bonds is 6. The molecule has 0 spiro atoms. The number of hydrogen-bond donors (Lipinski definition) is 1. The van der Waals surface area contributed by atoms with Gasteiger partial charge in [0.1, 0.15) is 11.5 Å². The number of nitrogens with zero attached hydrogens (tertiary/aromatic N) is 2. The summed E-state index contributed by atoms with van der Waals surface area (Å²) in [6, 6.07) is 5.74. The highest BCUT2D eigenvalue weighted by molar-refractivity contribution is 5.79. The summed E-state index contributed by atoms with van der Waals surface area (Å²) in [5, 5.41) is 9.11. The molecule has 0 bridgehead atoms. The van der Waals surface area contributed by atoms with Crippen LogP contribution in [0, 0.1) is 5.92 Å². The Labute approximate surface area is 159 Å². The van der Waals surface area contributed by atoms with Crippen molar-refractivity contribution in [3.8, 4) is 11.5 Å². The fraction of sp³-hybridized carbons (Fsp3) is 0.600. The van der Waals surface area contributed by atoms with E-state index < -0.39 is 5.97 Å². The maximum Gasteiger partial charge on any atom is 0.306 e. The summed E-state index contributed by atoms with van der Waals surface area (Å²) in [6.07, 6.45) is 3.10. The number of amides is 1. The normalized spacial score (nSPS) is 21.3. The molecule has 1 atom stereocenters. The van der Waals surface area contributed by atoms with Gasteiger partial charge in [-0.05, 0) is 50.9 Å². The number of methoxy groups -OCH3 is 2. The van der Waals surface area contributed by atoms with Crippen LogP contribution in [-0.4, -0.2) is 67.2 Å². The third-order valence-corrected chi connectivity index (χ3v) is 5.67. The van der Waals surface area contributed by atoms with Crippen molar-refractivity contribution in [2.24, 2.45) is 5.92 Å². The second kappa shape index (κ2) is 8.61. The molecule has 7 nitrogen and oxygen atoms in total. The lowest BCUT2D eigenvalue weighted by Crippen LogP contribution is -2.44. The number of likely N-dealkylation sites (tertiary alicyclic amines) is 2. The number of carboxylic acids is 1. The minimum atomic E-state index is -0.729. The first kappa shape index (κ1) is 19.5. The third kappa shape index (κ3) is 4.35. The molecule has 1 aromatic carbocycles. The lowest BCUT2D eigenvalue weighted by molar-refractivity contribution is -0.143. The van der Waals surface area contributed by atoms with Gasteiger partial charge >= 0.3 is 5.97 Å². The Bertz CT molecular complexity index is 685. The summed E-state index contributed by atoms with van der Waals surface area (Å²) < 4.78 is 10.8. The summed E-state index contributed by atoms with van der Waals surface area (Å²) in [7, 11) is 3.25. The Morgan fingerprint density at radius 3 is 2.48 bits per heavy atom. The van der Waals surface area contributed by atoms with E-state index in [0.717, 1.165) is 36.4 Å². The number of piperidine rings is 1. The van der Waals surface area contributed by atoms with E-state index in [-0.39, 0.29) is 17.9 Å². The molecule has 27 heavy (non-hydrogen) atoms. The molecule has 1 amide bonds. The van der Waals surface area contributed by atoms with Crippen molar-refractivity contribution in [3.63, 3.8) is 0 Å². The number of carbonyl (C=O) groups excluding carboxylic acids is 1. The molecule has 2 aliphatic heterocycles. The van der Waals surface area contributed by atoms with Crippen molar-refractivity contribution < 1.29 is 24.2 Å².